The van der Waals surface area contributed by atoms with Gasteiger partial charge in [0.05, 0.1) is 16.2 Å². The van der Waals surface area contributed by atoms with Crippen molar-refractivity contribution in [2.45, 2.75) is 32.5 Å². The van der Waals surface area contributed by atoms with Crippen LogP contribution in [0.1, 0.15) is 24.5 Å². The second-order valence-corrected chi connectivity index (χ2v) is 7.49. The number of rotatable bonds is 7. The molecule has 1 aliphatic rings. The van der Waals surface area contributed by atoms with Crippen LogP contribution >= 0.6 is 23.2 Å². The molecule has 0 amide bonds. The fourth-order valence-electron chi connectivity index (χ4n) is 2.91. The van der Waals surface area contributed by atoms with Crippen LogP contribution in [0, 0.1) is 0 Å². The topological polar surface area (TPSA) is 24.1 Å². The lowest BCUT2D eigenvalue weighted by Crippen LogP contribution is -2.32. The summed E-state index contributed by atoms with van der Waals surface area (Å²) in [6.07, 6.45) is 13.0. The summed E-state index contributed by atoms with van der Waals surface area (Å²) in [6.45, 7) is 2.87. The normalized spacial score (nSPS) is 14.6. The van der Waals surface area contributed by atoms with Crippen molar-refractivity contribution >= 4 is 28.9 Å². The number of hydrogen-bond donors (Lipinski definition) is 2. The maximum atomic E-state index is 6.06. The Morgan fingerprint density at radius 2 is 1.74 bits per heavy atom. The van der Waals surface area contributed by atoms with Gasteiger partial charge in [-0.1, -0.05) is 77.8 Å². The summed E-state index contributed by atoms with van der Waals surface area (Å²) in [5.41, 5.74) is 4.87. The molecule has 140 valence electrons. The molecule has 0 saturated carbocycles. The van der Waals surface area contributed by atoms with Crippen molar-refractivity contribution in [1.82, 2.24) is 5.32 Å². The molecule has 1 aliphatic carbocycles. The number of halogens is 2. The number of allylic oxidation sites excluding steroid dienone is 6. The number of anilines is 1. The third kappa shape index (κ3) is 6.28. The van der Waals surface area contributed by atoms with Crippen LogP contribution in [0.3, 0.4) is 0 Å². The van der Waals surface area contributed by atoms with E-state index in [-0.39, 0.29) is 6.17 Å². The maximum absolute atomic E-state index is 6.06. The summed E-state index contributed by atoms with van der Waals surface area (Å²) >= 11 is 12.0. The second kappa shape index (κ2) is 9.80. The molecule has 27 heavy (non-hydrogen) atoms. The molecule has 0 fully saturated rings. The monoisotopic (exact) mass is 398 g/mol. The van der Waals surface area contributed by atoms with Crippen molar-refractivity contribution in [3.05, 3.63) is 99.6 Å². The Balaban J connectivity index is 1.50. The first kappa shape index (κ1) is 19.8. The average Bonchev–Trinajstić information content (AvgIpc) is 2.93. The largest absolute Gasteiger partial charge is 0.370 e. The van der Waals surface area contributed by atoms with Crippen molar-refractivity contribution in [2.24, 2.45) is 0 Å². The molecule has 0 aliphatic heterocycles. The summed E-state index contributed by atoms with van der Waals surface area (Å²) in [6, 6.07) is 14.3. The van der Waals surface area contributed by atoms with E-state index in [0.717, 1.165) is 25.1 Å². The van der Waals surface area contributed by atoms with Gasteiger partial charge in [-0.05, 0) is 54.7 Å². The van der Waals surface area contributed by atoms with Gasteiger partial charge < -0.3 is 5.32 Å². The highest BCUT2D eigenvalue weighted by atomic mass is 35.5. The molecule has 1 atom stereocenters. The molecule has 2 N–H and O–H groups in total. The maximum Gasteiger partial charge on any atom is 0.0741 e. The molecule has 0 radical (unpaired) electrons. The van der Waals surface area contributed by atoms with Gasteiger partial charge in [-0.2, -0.15) is 0 Å². The van der Waals surface area contributed by atoms with Gasteiger partial charge in [0.15, 0.2) is 0 Å². The van der Waals surface area contributed by atoms with Gasteiger partial charge in [-0.3, -0.25) is 5.32 Å². The van der Waals surface area contributed by atoms with E-state index in [1.54, 1.807) is 6.07 Å². The minimum absolute atomic E-state index is 0.106. The predicted octanol–water partition coefficient (Wildman–Crippen LogP) is 6.53. The lowest BCUT2D eigenvalue weighted by Gasteiger charge is -2.17. The smallest absolute Gasteiger partial charge is 0.0741 e. The van der Waals surface area contributed by atoms with Crippen LogP contribution in [-0.2, 0) is 13.0 Å². The quantitative estimate of drug-likeness (QED) is 0.518. The highest BCUT2D eigenvalue weighted by Crippen LogP contribution is 2.25. The Morgan fingerprint density at radius 3 is 2.52 bits per heavy atom. The van der Waals surface area contributed by atoms with Crippen LogP contribution in [0.5, 0.6) is 0 Å². The average molecular weight is 399 g/mol. The highest BCUT2D eigenvalue weighted by molar-refractivity contribution is 6.42. The van der Waals surface area contributed by atoms with Crippen molar-refractivity contribution in [2.75, 3.05) is 5.32 Å². The van der Waals surface area contributed by atoms with E-state index in [2.05, 4.69) is 72.2 Å². The third-order valence-electron chi connectivity index (χ3n) is 4.40. The predicted molar refractivity (Wildman–Crippen MR) is 118 cm³/mol. The molecular weight excluding hydrogens is 375 g/mol. The van der Waals surface area contributed by atoms with Gasteiger partial charge in [0.1, 0.15) is 0 Å². The van der Waals surface area contributed by atoms with E-state index in [9.17, 15) is 0 Å². The van der Waals surface area contributed by atoms with Crippen LogP contribution in [0.2, 0.25) is 10.0 Å². The molecule has 2 aromatic rings. The number of nitrogens with one attached hydrogen (secondary N) is 2. The minimum Gasteiger partial charge on any atom is -0.370 e. The summed E-state index contributed by atoms with van der Waals surface area (Å²) in [5, 5.41) is 7.97. The lowest BCUT2D eigenvalue weighted by atomic mass is 10.0. The summed E-state index contributed by atoms with van der Waals surface area (Å²) in [4.78, 5) is 0. The fraction of sp³-hybridized carbons (Fsp3) is 0.217. The van der Waals surface area contributed by atoms with E-state index in [1.807, 2.05) is 12.1 Å². The standard InChI is InChI=1S/C23H24Cl2N2/c1-17(27-21-12-13-22(24)23(25)15-21)26-16-20-10-8-19(9-11-20)14-18-6-4-2-3-5-7-18/h2,4-13,15,17,26-27H,3,14,16H2,1H3. The van der Waals surface area contributed by atoms with Crippen LogP contribution < -0.4 is 10.6 Å². The highest BCUT2D eigenvalue weighted by Gasteiger charge is 2.04. The first-order valence-electron chi connectivity index (χ1n) is 9.15. The Labute approximate surface area is 171 Å². The van der Waals surface area contributed by atoms with E-state index in [4.69, 9.17) is 23.2 Å². The zero-order valence-corrected chi connectivity index (χ0v) is 16.9. The van der Waals surface area contributed by atoms with Crippen LogP contribution in [0.25, 0.3) is 0 Å². The Hall–Kier alpha value is -2.00. The molecule has 0 spiro atoms. The fourth-order valence-corrected chi connectivity index (χ4v) is 3.21. The summed E-state index contributed by atoms with van der Waals surface area (Å²) in [5.74, 6) is 0. The van der Waals surface area contributed by atoms with Gasteiger partial charge in [-0.15, -0.1) is 0 Å². The van der Waals surface area contributed by atoms with Crippen LogP contribution in [0.4, 0.5) is 5.69 Å². The van der Waals surface area contributed by atoms with Gasteiger partial charge >= 0.3 is 0 Å². The Kier molecular flexibility index (Phi) is 7.17. The summed E-state index contributed by atoms with van der Waals surface area (Å²) < 4.78 is 0. The molecule has 0 aromatic heterocycles. The Bertz CT molecular complexity index is 851. The van der Waals surface area contributed by atoms with E-state index >= 15 is 0 Å². The SMILES string of the molecule is CC(NCc1ccc(CC2=CC=CCC=C2)cc1)Nc1ccc(Cl)c(Cl)c1. The molecule has 1 unspecified atom stereocenters. The first-order valence-corrected chi connectivity index (χ1v) is 9.91. The summed E-state index contributed by atoms with van der Waals surface area (Å²) in [7, 11) is 0. The van der Waals surface area contributed by atoms with Crippen molar-refractivity contribution in [3.63, 3.8) is 0 Å². The number of benzene rings is 2. The molecule has 0 bridgehead atoms. The lowest BCUT2D eigenvalue weighted by molar-refractivity contribution is 0.600. The van der Waals surface area contributed by atoms with Gasteiger partial charge in [0.2, 0.25) is 0 Å². The van der Waals surface area contributed by atoms with Gasteiger partial charge in [0, 0.05) is 12.2 Å². The van der Waals surface area contributed by atoms with Crippen molar-refractivity contribution in [1.29, 1.82) is 0 Å². The molecule has 4 heteroatoms. The van der Waals surface area contributed by atoms with Crippen LogP contribution in [0.15, 0.2) is 78.4 Å². The third-order valence-corrected chi connectivity index (χ3v) is 5.14. The van der Waals surface area contributed by atoms with E-state index in [0.29, 0.717) is 10.0 Å². The van der Waals surface area contributed by atoms with Crippen molar-refractivity contribution < 1.29 is 0 Å². The molecule has 3 rings (SSSR count). The molecule has 2 nitrogen and oxygen atoms in total. The van der Waals surface area contributed by atoms with E-state index < -0.39 is 0 Å². The van der Waals surface area contributed by atoms with Crippen LogP contribution in [-0.4, -0.2) is 6.17 Å². The number of hydrogen-bond acceptors (Lipinski definition) is 2. The molecular formula is C23H24Cl2N2. The second-order valence-electron chi connectivity index (χ2n) is 6.68. The van der Waals surface area contributed by atoms with E-state index in [1.165, 1.54) is 16.7 Å². The molecule has 0 saturated heterocycles. The first-order chi connectivity index (χ1) is 13.1. The Morgan fingerprint density at radius 1 is 0.963 bits per heavy atom. The molecule has 2 aromatic carbocycles. The van der Waals surface area contributed by atoms with Crippen molar-refractivity contribution in [3.8, 4) is 0 Å². The molecule has 0 heterocycles. The van der Waals surface area contributed by atoms with Gasteiger partial charge in [0.25, 0.3) is 0 Å². The minimum atomic E-state index is 0.106. The van der Waals surface area contributed by atoms with Gasteiger partial charge in [-0.25, -0.2) is 0 Å². The zero-order chi connectivity index (χ0) is 19.1. The zero-order valence-electron chi connectivity index (χ0n) is 15.4.